The van der Waals surface area contributed by atoms with E-state index in [1.54, 1.807) is 0 Å². The van der Waals surface area contributed by atoms with E-state index >= 15 is 0 Å². The Hall–Kier alpha value is -0.380. The summed E-state index contributed by atoms with van der Waals surface area (Å²) in [7, 11) is 4.08. The molecule has 2 N–H and O–H groups in total. The molecule has 1 saturated carbocycles. The van der Waals surface area contributed by atoms with E-state index in [-0.39, 0.29) is 29.4 Å². The zero-order chi connectivity index (χ0) is 19.1. The highest BCUT2D eigenvalue weighted by atomic mass is 127. The number of aliphatic imine (C=N–C) groups is 1. The van der Waals surface area contributed by atoms with E-state index in [0.717, 1.165) is 29.9 Å². The van der Waals surface area contributed by atoms with Gasteiger partial charge in [-0.05, 0) is 70.1 Å². The summed E-state index contributed by atoms with van der Waals surface area (Å²) >= 11 is 3.60. The van der Waals surface area contributed by atoms with Crippen molar-refractivity contribution in [3.63, 3.8) is 0 Å². The third-order valence-electron chi connectivity index (χ3n) is 5.86. The van der Waals surface area contributed by atoms with Gasteiger partial charge in [-0.15, -0.1) is 24.0 Å². The average Bonchev–Trinajstić information content (AvgIpc) is 3.47. The fourth-order valence-electron chi connectivity index (χ4n) is 3.84. The van der Waals surface area contributed by atoms with Gasteiger partial charge in [0, 0.05) is 43.1 Å². The van der Waals surface area contributed by atoms with Gasteiger partial charge in [0.25, 0.3) is 0 Å². The molecule has 1 aromatic rings. The van der Waals surface area contributed by atoms with Crippen molar-refractivity contribution in [2.75, 3.05) is 59.9 Å². The Bertz CT molecular complexity index is 635. The zero-order valence-electron chi connectivity index (χ0n) is 17.2. The lowest BCUT2D eigenvalue weighted by atomic mass is 9.96. The van der Waals surface area contributed by atoms with Crippen LogP contribution in [0.1, 0.15) is 31.2 Å². The Morgan fingerprint density at radius 2 is 2.00 bits per heavy atom. The minimum atomic E-state index is 0. The van der Waals surface area contributed by atoms with Gasteiger partial charge in [0.15, 0.2) is 5.96 Å². The molecule has 1 heterocycles. The molecule has 0 unspecified atom stereocenters. The number of rotatable bonds is 7. The van der Waals surface area contributed by atoms with Gasteiger partial charge < -0.3 is 20.4 Å². The van der Waals surface area contributed by atoms with Gasteiger partial charge in [0.2, 0.25) is 0 Å². The quantitative estimate of drug-likeness (QED) is 0.231. The lowest BCUT2D eigenvalue weighted by molar-refractivity contribution is 0.274. The smallest absolute Gasteiger partial charge is 0.191 e. The summed E-state index contributed by atoms with van der Waals surface area (Å²) in [5.74, 6) is 0.923. The summed E-state index contributed by atoms with van der Waals surface area (Å²) in [6, 6.07) is 8.72. The van der Waals surface area contributed by atoms with Crippen LogP contribution in [0.2, 0.25) is 0 Å². The number of benzene rings is 1. The molecule has 0 radical (unpaired) electrons. The molecular weight excluding hydrogens is 529 g/mol. The molecule has 0 aromatic heterocycles. The lowest BCUT2D eigenvalue weighted by Gasteiger charge is -2.21. The second-order valence-electron chi connectivity index (χ2n) is 8.00. The number of nitrogens with one attached hydrogen (secondary N) is 2. The lowest BCUT2D eigenvalue weighted by Crippen LogP contribution is -2.42. The molecule has 1 aliphatic carbocycles. The van der Waals surface area contributed by atoms with Crippen LogP contribution in [0.3, 0.4) is 0 Å². The molecule has 2 fully saturated rings. The van der Waals surface area contributed by atoms with Gasteiger partial charge in [-0.1, -0.05) is 28.1 Å². The maximum Gasteiger partial charge on any atom is 0.191 e. The SMILES string of the molecule is CN=C(NCCCN1CCCN(C)CC1)NCC1(c2cccc(Br)c2)CC1.I. The second-order valence-corrected chi connectivity index (χ2v) is 8.91. The van der Waals surface area contributed by atoms with Crippen molar-refractivity contribution < 1.29 is 0 Å². The van der Waals surface area contributed by atoms with E-state index < -0.39 is 0 Å². The number of guanidine groups is 1. The van der Waals surface area contributed by atoms with Crippen molar-refractivity contribution >= 4 is 45.9 Å². The molecule has 7 heteroatoms. The van der Waals surface area contributed by atoms with Crippen LogP contribution >= 0.6 is 39.9 Å². The number of likely N-dealkylation sites (N-methyl/N-ethyl adjacent to an activating group) is 1. The third kappa shape index (κ3) is 7.15. The fourth-order valence-corrected chi connectivity index (χ4v) is 4.24. The molecule has 1 aromatic carbocycles. The number of hydrogen-bond acceptors (Lipinski definition) is 3. The zero-order valence-corrected chi connectivity index (χ0v) is 21.1. The van der Waals surface area contributed by atoms with Crippen LogP contribution in [-0.4, -0.2) is 75.7 Å². The van der Waals surface area contributed by atoms with Crippen molar-refractivity contribution in [3.05, 3.63) is 34.3 Å². The van der Waals surface area contributed by atoms with Gasteiger partial charge in [-0.2, -0.15) is 0 Å². The monoisotopic (exact) mass is 563 g/mol. The molecule has 2 aliphatic rings. The van der Waals surface area contributed by atoms with Crippen molar-refractivity contribution in [2.45, 2.75) is 31.1 Å². The first-order valence-corrected chi connectivity index (χ1v) is 11.0. The van der Waals surface area contributed by atoms with Crippen LogP contribution in [0.25, 0.3) is 0 Å². The maximum atomic E-state index is 4.40. The summed E-state index contributed by atoms with van der Waals surface area (Å²) in [6.07, 6.45) is 4.93. The van der Waals surface area contributed by atoms with Gasteiger partial charge in [0.05, 0.1) is 0 Å². The van der Waals surface area contributed by atoms with E-state index in [9.17, 15) is 0 Å². The second kappa shape index (κ2) is 11.7. The minimum absolute atomic E-state index is 0. The van der Waals surface area contributed by atoms with Gasteiger partial charge in [-0.25, -0.2) is 0 Å². The Morgan fingerprint density at radius 3 is 2.71 bits per heavy atom. The molecule has 158 valence electrons. The first-order chi connectivity index (χ1) is 13.1. The highest BCUT2D eigenvalue weighted by molar-refractivity contribution is 14.0. The molecular formula is C21H35BrIN5. The largest absolute Gasteiger partial charge is 0.356 e. The van der Waals surface area contributed by atoms with Crippen molar-refractivity contribution in [3.8, 4) is 0 Å². The van der Waals surface area contributed by atoms with E-state index in [0.29, 0.717) is 0 Å². The predicted octanol–water partition coefficient (Wildman–Crippen LogP) is 3.29. The van der Waals surface area contributed by atoms with Crippen LogP contribution in [0, 0.1) is 0 Å². The summed E-state index contributed by atoms with van der Waals surface area (Å²) in [5.41, 5.74) is 1.70. The molecule has 0 amide bonds. The normalized spacial score (nSPS) is 20.2. The van der Waals surface area contributed by atoms with Crippen LogP contribution in [0.5, 0.6) is 0 Å². The molecule has 1 saturated heterocycles. The summed E-state index contributed by atoms with van der Waals surface area (Å²) in [6.45, 7) is 7.92. The molecule has 1 aliphatic heterocycles. The van der Waals surface area contributed by atoms with E-state index in [4.69, 9.17) is 0 Å². The van der Waals surface area contributed by atoms with Gasteiger partial charge in [0.1, 0.15) is 0 Å². The molecule has 3 rings (SSSR count). The van der Waals surface area contributed by atoms with Crippen LogP contribution in [-0.2, 0) is 5.41 Å². The summed E-state index contributed by atoms with van der Waals surface area (Å²) in [4.78, 5) is 9.43. The van der Waals surface area contributed by atoms with Crippen LogP contribution in [0.15, 0.2) is 33.7 Å². The molecule has 0 spiro atoms. The number of halogens is 2. The van der Waals surface area contributed by atoms with Crippen LogP contribution in [0.4, 0.5) is 0 Å². The van der Waals surface area contributed by atoms with Gasteiger partial charge in [-0.3, -0.25) is 4.99 Å². The van der Waals surface area contributed by atoms with Gasteiger partial charge >= 0.3 is 0 Å². The topological polar surface area (TPSA) is 42.9 Å². The summed E-state index contributed by atoms with van der Waals surface area (Å²) < 4.78 is 1.16. The Kier molecular flexibility index (Phi) is 10.00. The first kappa shape index (κ1) is 23.9. The highest BCUT2D eigenvalue weighted by Gasteiger charge is 2.44. The standard InChI is InChI=1S/C21H34BrN5.HI/c1-23-20(24-10-4-12-27-13-5-11-26(2)14-15-27)25-17-21(8-9-21)18-6-3-7-19(22)16-18;/h3,6-7,16H,4-5,8-15,17H2,1-2H3,(H2,23,24,25);1H. The Morgan fingerprint density at radius 1 is 1.18 bits per heavy atom. The minimum Gasteiger partial charge on any atom is -0.356 e. The van der Waals surface area contributed by atoms with Crippen molar-refractivity contribution in [2.24, 2.45) is 4.99 Å². The van der Waals surface area contributed by atoms with Crippen molar-refractivity contribution in [1.29, 1.82) is 0 Å². The van der Waals surface area contributed by atoms with E-state index in [2.05, 4.69) is 72.7 Å². The first-order valence-electron chi connectivity index (χ1n) is 10.2. The Balaban J connectivity index is 0.00000280. The van der Waals surface area contributed by atoms with E-state index in [1.807, 2.05) is 7.05 Å². The maximum absolute atomic E-state index is 4.40. The predicted molar refractivity (Wildman–Crippen MR) is 133 cm³/mol. The van der Waals surface area contributed by atoms with Crippen LogP contribution < -0.4 is 10.6 Å². The van der Waals surface area contributed by atoms with Crippen molar-refractivity contribution in [1.82, 2.24) is 20.4 Å². The molecule has 28 heavy (non-hydrogen) atoms. The summed E-state index contributed by atoms with van der Waals surface area (Å²) in [5, 5.41) is 7.04. The molecule has 0 atom stereocenters. The Labute approximate surface area is 195 Å². The van der Waals surface area contributed by atoms with E-state index in [1.165, 1.54) is 57.5 Å². The third-order valence-corrected chi connectivity index (χ3v) is 6.36. The fraction of sp³-hybridized carbons (Fsp3) is 0.667. The number of nitrogens with zero attached hydrogens (tertiary/aromatic N) is 3. The molecule has 5 nitrogen and oxygen atoms in total. The average molecular weight is 564 g/mol. The number of hydrogen-bond donors (Lipinski definition) is 2. The highest BCUT2D eigenvalue weighted by Crippen LogP contribution is 2.48. The molecule has 0 bridgehead atoms.